The minimum atomic E-state index is 0.604. The zero-order chi connectivity index (χ0) is 20.8. The van der Waals surface area contributed by atoms with E-state index in [0.717, 1.165) is 34.4 Å². The molecule has 0 aliphatic heterocycles. The minimum Gasteiger partial charge on any atom is -0.457 e. The molecule has 0 spiro atoms. The fraction of sp³-hybridized carbons (Fsp3) is 0.304. The summed E-state index contributed by atoms with van der Waals surface area (Å²) in [4.78, 5) is 4.33. The van der Waals surface area contributed by atoms with Crippen LogP contribution in [0.2, 0.25) is 0 Å². The van der Waals surface area contributed by atoms with Crippen LogP contribution in [0.15, 0.2) is 53.5 Å². The first-order valence-electron chi connectivity index (χ1n) is 9.74. The van der Waals surface area contributed by atoms with E-state index in [0.29, 0.717) is 13.1 Å². The van der Waals surface area contributed by atoms with Crippen LogP contribution in [-0.4, -0.2) is 22.8 Å². The van der Waals surface area contributed by atoms with Crippen LogP contribution in [0.3, 0.4) is 0 Å². The van der Waals surface area contributed by atoms with Crippen LogP contribution in [-0.2, 0) is 20.1 Å². The lowest BCUT2D eigenvalue weighted by molar-refractivity contribution is 0.475. The lowest BCUT2D eigenvalue weighted by atomic mass is 10.2. The molecule has 29 heavy (non-hydrogen) atoms. The number of hydrogen-bond donors (Lipinski definition) is 2. The average molecular weight is 392 g/mol. The van der Waals surface area contributed by atoms with E-state index in [1.807, 2.05) is 61.1 Å². The third-order valence-corrected chi connectivity index (χ3v) is 4.98. The van der Waals surface area contributed by atoms with Gasteiger partial charge in [0.25, 0.3) is 0 Å². The van der Waals surface area contributed by atoms with Crippen molar-refractivity contribution in [1.29, 1.82) is 0 Å². The van der Waals surface area contributed by atoms with E-state index in [2.05, 4.69) is 40.6 Å². The molecule has 0 saturated carbocycles. The lowest BCUT2D eigenvalue weighted by Crippen LogP contribution is -2.36. The second kappa shape index (κ2) is 9.28. The molecule has 6 heteroatoms. The van der Waals surface area contributed by atoms with Crippen LogP contribution in [0.4, 0.5) is 0 Å². The largest absolute Gasteiger partial charge is 0.457 e. The standard InChI is InChI=1S/C23H29N5O/c1-16-10-12-20(13-11-16)29-22-9-7-6-8-19(22)14-25-23(24-4)26-15-21-17(2)27-28(5)18(21)3/h6-13H,14-15H2,1-5H3,(H2,24,25,26). The highest BCUT2D eigenvalue weighted by molar-refractivity contribution is 5.79. The smallest absolute Gasteiger partial charge is 0.191 e. The van der Waals surface area contributed by atoms with Gasteiger partial charge in [-0.3, -0.25) is 9.67 Å². The highest BCUT2D eigenvalue weighted by Gasteiger charge is 2.10. The van der Waals surface area contributed by atoms with E-state index in [1.54, 1.807) is 7.05 Å². The summed E-state index contributed by atoms with van der Waals surface area (Å²) in [5.74, 6) is 2.39. The molecule has 0 fully saturated rings. The Hall–Kier alpha value is -3.28. The molecule has 1 heterocycles. The molecule has 3 rings (SSSR count). The molecular formula is C23H29N5O. The predicted molar refractivity (Wildman–Crippen MR) is 117 cm³/mol. The maximum atomic E-state index is 6.08. The van der Waals surface area contributed by atoms with E-state index < -0.39 is 0 Å². The first-order valence-corrected chi connectivity index (χ1v) is 9.74. The van der Waals surface area contributed by atoms with Crippen LogP contribution < -0.4 is 15.4 Å². The number of aromatic nitrogens is 2. The second-order valence-corrected chi connectivity index (χ2v) is 7.08. The summed E-state index contributed by atoms with van der Waals surface area (Å²) in [5, 5.41) is 11.2. The van der Waals surface area contributed by atoms with Crippen molar-refractivity contribution in [3.8, 4) is 11.5 Å². The molecule has 0 saturated heterocycles. The average Bonchev–Trinajstić information content (AvgIpc) is 2.96. The summed E-state index contributed by atoms with van der Waals surface area (Å²) in [5.41, 5.74) is 5.65. The molecule has 1 aromatic heterocycles. The van der Waals surface area contributed by atoms with Crippen molar-refractivity contribution >= 4 is 5.96 Å². The minimum absolute atomic E-state index is 0.604. The van der Waals surface area contributed by atoms with E-state index in [9.17, 15) is 0 Å². The number of ether oxygens (including phenoxy) is 1. The van der Waals surface area contributed by atoms with Gasteiger partial charge in [0, 0.05) is 44.0 Å². The van der Waals surface area contributed by atoms with Crippen LogP contribution in [0, 0.1) is 20.8 Å². The molecular weight excluding hydrogens is 362 g/mol. The number of nitrogens with zero attached hydrogens (tertiary/aromatic N) is 3. The SMILES string of the molecule is CN=C(NCc1ccccc1Oc1ccc(C)cc1)NCc1c(C)nn(C)c1C. The fourth-order valence-electron chi connectivity index (χ4n) is 3.13. The van der Waals surface area contributed by atoms with Gasteiger partial charge in [-0.2, -0.15) is 5.10 Å². The van der Waals surface area contributed by atoms with Crippen molar-refractivity contribution in [3.63, 3.8) is 0 Å². The summed E-state index contributed by atoms with van der Waals surface area (Å²) >= 11 is 0. The summed E-state index contributed by atoms with van der Waals surface area (Å²) in [6, 6.07) is 16.1. The molecule has 6 nitrogen and oxygen atoms in total. The summed E-state index contributed by atoms with van der Waals surface area (Å²) in [6.45, 7) is 7.44. The normalized spacial score (nSPS) is 11.4. The van der Waals surface area contributed by atoms with E-state index >= 15 is 0 Å². The van der Waals surface area contributed by atoms with E-state index in [4.69, 9.17) is 4.74 Å². The van der Waals surface area contributed by atoms with Gasteiger partial charge in [0.1, 0.15) is 11.5 Å². The summed E-state index contributed by atoms with van der Waals surface area (Å²) in [7, 11) is 3.73. The molecule has 0 unspecified atom stereocenters. The van der Waals surface area contributed by atoms with Crippen molar-refractivity contribution in [2.24, 2.45) is 12.0 Å². The van der Waals surface area contributed by atoms with Gasteiger partial charge >= 0.3 is 0 Å². The Balaban J connectivity index is 1.63. The van der Waals surface area contributed by atoms with Gasteiger partial charge in [0.2, 0.25) is 0 Å². The molecule has 152 valence electrons. The Morgan fingerprint density at radius 1 is 1.00 bits per heavy atom. The second-order valence-electron chi connectivity index (χ2n) is 7.08. The Bertz CT molecular complexity index is 989. The predicted octanol–water partition coefficient (Wildman–Crippen LogP) is 4.00. The zero-order valence-corrected chi connectivity index (χ0v) is 17.8. The number of nitrogens with one attached hydrogen (secondary N) is 2. The number of para-hydroxylation sites is 1. The Labute approximate surface area is 172 Å². The number of benzene rings is 2. The number of guanidine groups is 1. The van der Waals surface area contributed by atoms with Crippen LogP contribution in [0.1, 0.15) is 28.1 Å². The quantitative estimate of drug-likeness (QED) is 0.492. The Kier molecular flexibility index (Phi) is 6.54. The van der Waals surface area contributed by atoms with Crippen LogP contribution in [0.25, 0.3) is 0 Å². The number of hydrogen-bond acceptors (Lipinski definition) is 3. The fourth-order valence-corrected chi connectivity index (χ4v) is 3.13. The van der Waals surface area contributed by atoms with E-state index in [-0.39, 0.29) is 0 Å². The maximum absolute atomic E-state index is 6.08. The molecule has 0 atom stereocenters. The maximum Gasteiger partial charge on any atom is 0.191 e. The Morgan fingerprint density at radius 3 is 2.34 bits per heavy atom. The van der Waals surface area contributed by atoms with Crippen molar-refractivity contribution in [2.75, 3.05) is 7.05 Å². The molecule has 2 aromatic carbocycles. The van der Waals surface area contributed by atoms with Crippen molar-refractivity contribution in [1.82, 2.24) is 20.4 Å². The monoisotopic (exact) mass is 391 g/mol. The van der Waals surface area contributed by atoms with Crippen LogP contribution in [0.5, 0.6) is 11.5 Å². The van der Waals surface area contributed by atoms with Gasteiger partial charge in [-0.05, 0) is 39.0 Å². The number of aliphatic imine (C=N–C) groups is 1. The number of rotatable bonds is 6. The van der Waals surface area contributed by atoms with Crippen LogP contribution >= 0.6 is 0 Å². The molecule has 0 aliphatic rings. The third-order valence-electron chi connectivity index (χ3n) is 4.98. The lowest BCUT2D eigenvalue weighted by Gasteiger charge is -2.15. The van der Waals surface area contributed by atoms with Gasteiger partial charge in [-0.25, -0.2) is 0 Å². The summed E-state index contributed by atoms with van der Waals surface area (Å²) in [6.07, 6.45) is 0. The summed E-state index contributed by atoms with van der Waals surface area (Å²) < 4.78 is 7.99. The van der Waals surface area contributed by atoms with Gasteiger partial charge < -0.3 is 15.4 Å². The first-order chi connectivity index (χ1) is 14.0. The van der Waals surface area contributed by atoms with Gasteiger partial charge in [0.05, 0.1) is 5.69 Å². The Morgan fingerprint density at radius 2 is 1.69 bits per heavy atom. The molecule has 0 aliphatic carbocycles. The molecule has 2 N–H and O–H groups in total. The molecule has 0 radical (unpaired) electrons. The topological polar surface area (TPSA) is 63.5 Å². The number of aryl methyl sites for hydroxylation is 3. The van der Waals surface area contributed by atoms with Crippen molar-refractivity contribution in [2.45, 2.75) is 33.9 Å². The van der Waals surface area contributed by atoms with E-state index in [1.165, 1.54) is 11.1 Å². The zero-order valence-electron chi connectivity index (χ0n) is 17.8. The van der Waals surface area contributed by atoms with Gasteiger partial charge in [-0.1, -0.05) is 35.9 Å². The highest BCUT2D eigenvalue weighted by Crippen LogP contribution is 2.25. The highest BCUT2D eigenvalue weighted by atomic mass is 16.5. The molecule has 0 bridgehead atoms. The first kappa shape index (κ1) is 20.5. The molecule has 0 amide bonds. The third kappa shape index (κ3) is 5.16. The van der Waals surface area contributed by atoms with Crippen molar-refractivity contribution in [3.05, 3.63) is 76.6 Å². The molecule has 3 aromatic rings. The van der Waals surface area contributed by atoms with Gasteiger partial charge in [0.15, 0.2) is 5.96 Å². The van der Waals surface area contributed by atoms with Crippen molar-refractivity contribution < 1.29 is 4.74 Å². The van der Waals surface area contributed by atoms with Gasteiger partial charge in [-0.15, -0.1) is 0 Å².